The molecule has 0 fully saturated rings. The summed E-state index contributed by atoms with van der Waals surface area (Å²) in [5.74, 6) is 0.686. The molecular formula is C24H22N4O6. The molecule has 10 nitrogen and oxygen atoms in total. The summed E-state index contributed by atoms with van der Waals surface area (Å²) >= 11 is 0. The predicted octanol–water partition coefficient (Wildman–Crippen LogP) is 2.74. The highest BCUT2D eigenvalue weighted by Crippen LogP contribution is 2.41. The summed E-state index contributed by atoms with van der Waals surface area (Å²) in [6.07, 6.45) is -0.609. The van der Waals surface area contributed by atoms with Crippen molar-refractivity contribution in [3.8, 4) is 17.0 Å². The Labute approximate surface area is 193 Å². The molecule has 0 unspecified atom stereocenters. The molecular weight excluding hydrogens is 440 g/mol. The molecule has 2 aromatic heterocycles. The molecule has 0 amide bonds. The maximum atomic E-state index is 13.4. The number of hydrogen-bond acceptors (Lipinski definition) is 6. The van der Waals surface area contributed by atoms with Crippen molar-refractivity contribution in [2.45, 2.75) is 12.6 Å². The summed E-state index contributed by atoms with van der Waals surface area (Å²) in [7, 11) is 4.67. The van der Waals surface area contributed by atoms with Crippen LogP contribution in [-0.4, -0.2) is 32.3 Å². The zero-order chi connectivity index (χ0) is 24.1. The first kappa shape index (κ1) is 21.7. The highest BCUT2D eigenvalue weighted by molar-refractivity contribution is 5.96. The molecule has 10 heteroatoms. The number of aromatic nitrogens is 3. The summed E-state index contributed by atoms with van der Waals surface area (Å²) in [4.78, 5) is 36.9. The van der Waals surface area contributed by atoms with Gasteiger partial charge in [-0.1, -0.05) is 0 Å². The molecule has 0 aliphatic carbocycles. The number of hydrogen-bond donors (Lipinski definition) is 0. The van der Waals surface area contributed by atoms with Crippen molar-refractivity contribution in [1.82, 2.24) is 13.7 Å². The Kier molecular flexibility index (Phi) is 5.09. The minimum atomic E-state index is -0.609. The van der Waals surface area contributed by atoms with Gasteiger partial charge in [0.2, 0.25) is 0 Å². The zero-order valence-electron chi connectivity index (χ0n) is 18.8. The molecule has 0 spiro atoms. The second-order valence-corrected chi connectivity index (χ2v) is 8.14. The van der Waals surface area contributed by atoms with Crippen molar-refractivity contribution in [2.24, 2.45) is 14.1 Å². The van der Waals surface area contributed by atoms with E-state index in [0.29, 0.717) is 46.8 Å². The quantitative estimate of drug-likeness (QED) is 0.341. The van der Waals surface area contributed by atoms with Crippen molar-refractivity contribution < 1.29 is 14.4 Å². The van der Waals surface area contributed by atoms with E-state index < -0.39 is 22.3 Å². The molecule has 0 radical (unpaired) electrons. The SMILES string of the molecule is COc1ccc(-c2c3c(=O)n(C)c(=O)n(C)c3c3n2CCO[C@@H]3c2ccc([N+](=O)[O-])cc2)cc1. The number of methoxy groups -OCH3 is 1. The second kappa shape index (κ2) is 7.99. The molecule has 1 aliphatic rings. The van der Waals surface area contributed by atoms with E-state index in [0.717, 1.165) is 10.1 Å². The van der Waals surface area contributed by atoms with Crippen molar-refractivity contribution in [2.75, 3.05) is 13.7 Å². The van der Waals surface area contributed by atoms with Crippen LogP contribution in [0.2, 0.25) is 0 Å². The number of fused-ring (bicyclic) bond motifs is 3. The number of aryl methyl sites for hydroxylation is 1. The summed E-state index contributed by atoms with van der Waals surface area (Å²) in [5, 5.41) is 11.5. The van der Waals surface area contributed by atoms with E-state index in [4.69, 9.17) is 9.47 Å². The van der Waals surface area contributed by atoms with E-state index in [1.807, 2.05) is 28.8 Å². The van der Waals surface area contributed by atoms with Crippen LogP contribution in [0, 0.1) is 10.1 Å². The molecule has 0 bridgehead atoms. The Hall–Kier alpha value is -4.18. The first-order valence-corrected chi connectivity index (χ1v) is 10.7. The average molecular weight is 462 g/mol. The Balaban J connectivity index is 1.85. The van der Waals surface area contributed by atoms with Crippen molar-refractivity contribution in [1.29, 1.82) is 0 Å². The molecule has 1 aliphatic heterocycles. The Morgan fingerprint density at radius 3 is 2.32 bits per heavy atom. The van der Waals surface area contributed by atoms with Crippen LogP contribution in [0.5, 0.6) is 5.75 Å². The number of ether oxygens (including phenoxy) is 2. The Morgan fingerprint density at radius 2 is 1.71 bits per heavy atom. The fourth-order valence-corrected chi connectivity index (χ4v) is 4.65. The van der Waals surface area contributed by atoms with E-state index in [-0.39, 0.29) is 5.69 Å². The van der Waals surface area contributed by atoms with Gasteiger partial charge in [-0.2, -0.15) is 0 Å². The molecule has 1 atom stereocenters. The maximum absolute atomic E-state index is 13.4. The molecule has 34 heavy (non-hydrogen) atoms. The van der Waals surface area contributed by atoms with Crippen LogP contribution in [0.3, 0.4) is 0 Å². The van der Waals surface area contributed by atoms with Crippen LogP contribution in [0.15, 0.2) is 58.1 Å². The fraction of sp³-hybridized carbons (Fsp3) is 0.250. The number of nitro benzene ring substituents is 1. The highest BCUT2D eigenvalue weighted by atomic mass is 16.6. The highest BCUT2D eigenvalue weighted by Gasteiger charge is 2.33. The smallest absolute Gasteiger partial charge is 0.331 e. The number of nitrogens with zero attached hydrogens (tertiary/aromatic N) is 4. The normalized spacial score (nSPS) is 15.3. The molecule has 5 rings (SSSR count). The van der Waals surface area contributed by atoms with Gasteiger partial charge in [0.1, 0.15) is 11.9 Å². The summed E-state index contributed by atoms with van der Waals surface area (Å²) in [6.45, 7) is 0.846. The van der Waals surface area contributed by atoms with Gasteiger partial charge in [0, 0.05) is 32.8 Å². The van der Waals surface area contributed by atoms with E-state index >= 15 is 0 Å². The van der Waals surface area contributed by atoms with Crippen molar-refractivity contribution in [3.05, 3.63) is 90.7 Å². The Morgan fingerprint density at radius 1 is 1.03 bits per heavy atom. The summed E-state index contributed by atoms with van der Waals surface area (Å²) in [5.41, 5.74) is 2.48. The van der Waals surface area contributed by atoms with Crippen LogP contribution >= 0.6 is 0 Å². The average Bonchev–Trinajstić information content (AvgIpc) is 3.22. The van der Waals surface area contributed by atoms with Gasteiger partial charge < -0.3 is 14.0 Å². The zero-order valence-corrected chi connectivity index (χ0v) is 18.8. The lowest BCUT2D eigenvalue weighted by Crippen LogP contribution is -2.37. The molecule has 2 aromatic carbocycles. The largest absolute Gasteiger partial charge is 0.497 e. The van der Waals surface area contributed by atoms with Crippen LogP contribution in [0.1, 0.15) is 17.4 Å². The number of nitro groups is 1. The third-order valence-corrected chi connectivity index (χ3v) is 6.32. The molecule has 0 N–H and O–H groups in total. The first-order valence-electron chi connectivity index (χ1n) is 10.7. The van der Waals surface area contributed by atoms with Gasteiger partial charge in [-0.25, -0.2) is 4.79 Å². The topological polar surface area (TPSA) is 111 Å². The molecule has 174 valence electrons. The van der Waals surface area contributed by atoms with Gasteiger partial charge in [-0.15, -0.1) is 0 Å². The van der Waals surface area contributed by atoms with Gasteiger partial charge in [0.15, 0.2) is 0 Å². The van der Waals surface area contributed by atoms with Gasteiger partial charge in [-0.3, -0.25) is 24.0 Å². The number of rotatable bonds is 4. The van der Waals surface area contributed by atoms with Crippen LogP contribution in [0.25, 0.3) is 22.2 Å². The van der Waals surface area contributed by atoms with Crippen LogP contribution in [-0.2, 0) is 25.4 Å². The molecule has 0 saturated carbocycles. The predicted molar refractivity (Wildman–Crippen MR) is 125 cm³/mol. The summed E-state index contributed by atoms with van der Waals surface area (Å²) in [6, 6.07) is 13.5. The molecule has 4 aromatic rings. The van der Waals surface area contributed by atoms with Crippen molar-refractivity contribution >= 4 is 16.6 Å². The van der Waals surface area contributed by atoms with Crippen LogP contribution in [0.4, 0.5) is 5.69 Å². The van der Waals surface area contributed by atoms with E-state index in [9.17, 15) is 19.7 Å². The van der Waals surface area contributed by atoms with Crippen molar-refractivity contribution in [3.63, 3.8) is 0 Å². The third kappa shape index (κ3) is 3.14. The summed E-state index contributed by atoms with van der Waals surface area (Å²) < 4.78 is 16.0. The van der Waals surface area contributed by atoms with Gasteiger partial charge >= 0.3 is 5.69 Å². The van der Waals surface area contributed by atoms with E-state index in [2.05, 4.69) is 0 Å². The van der Waals surface area contributed by atoms with Crippen LogP contribution < -0.4 is 16.0 Å². The maximum Gasteiger partial charge on any atom is 0.331 e. The fourth-order valence-electron chi connectivity index (χ4n) is 4.65. The second-order valence-electron chi connectivity index (χ2n) is 8.14. The van der Waals surface area contributed by atoms with Gasteiger partial charge in [-0.05, 0) is 47.5 Å². The van der Waals surface area contributed by atoms with E-state index in [1.165, 1.54) is 23.7 Å². The van der Waals surface area contributed by atoms with E-state index in [1.54, 1.807) is 26.3 Å². The van der Waals surface area contributed by atoms with Gasteiger partial charge in [0.05, 0.1) is 40.9 Å². The minimum absolute atomic E-state index is 0.0278. The lowest BCUT2D eigenvalue weighted by atomic mass is 10.0. The minimum Gasteiger partial charge on any atom is -0.497 e. The lowest BCUT2D eigenvalue weighted by Gasteiger charge is -2.27. The molecule has 0 saturated heterocycles. The molecule has 3 heterocycles. The third-order valence-electron chi connectivity index (χ3n) is 6.32. The number of benzene rings is 2. The standard InChI is InChI=1S/C24H22N4O6/c1-25-20-18(23(29)26(2)24(25)30)19(14-6-10-17(33-3)11-7-14)27-12-13-34-22(21(20)27)15-4-8-16(9-5-15)28(31)32/h4-11,22H,12-13H2,1-3H3/t22-/m1/s1. The first-order chi connectivity index (χ1) is 16.3. The Bertz CT molecular complexity index is 1540. The van der Waals surface area contributed by atoms with Gasteiger partial charge in [0.25, 0.3) is 11.2 Å². The lowest BCUT2D eigenvalue weighted by molar-refractivity contribution is -0.384. The monoisotopic (exact) mass is 462 g/mol. The number of non-ortho nitro benzene ring substituents is 1.